The maximum atomic E-state index is 12.0. The first-order chi connectivity index (χ1) is 10.4. The summed E-state index contributed by atoms with van der Waals surface area (Å²) in [4.78, 5) is 14.2. The molecular formula is C17H20ClN3O. The van der Waals surface area contributed by atoms with Crippen LogP contribution >= 0.6 is 11.6 Å². The van der Waals surface area contributed by atoms with Crippen LogP contribution in [0.1, 0.15) is 25.0 Å². The molecule has 1 aliphatic rings. The number of hydrogen-bond donors (Lipinski definition) is 0. The number of benzene rings is 1. The van der Waals surface area contributed by atoms with E-state index in [0.717, 1.165) is 25.2 Å². The Morgan fingerprint density at radius 1 is 1.27 bits per heavy atom. The summed E-state index contributed by atoms with van der Waals surface area (Å²) in [6, 6.07) is 8.55. The van der Waals surface area contributed by atoms with Crippen LogP contribution in [-0.2, 0) is 18.9 Å². The van der Waals surface area contributed by atoms with Gasteiger partial charge in [-0.3, -0.25) is 4.79 Å². The van der Waals surface area contributed by atoms with Crippen molar-refractivity contribution in [2.75, 3.05) is 18.0 Å². The van der Waals surface area contributed by atoms with E-state index in [9.17, 15) is 4.79 Å². The SMILES string of the molecule is Cn1ncc(N2CCc3ccccc3C(C)(C)C2)c(Cl)c1=O. The first-order valence-corrected chi connectivity index (χ1v) is 7.83. The molecule has 0 saturated carbocycles. The third kappa shape index (κ3) is 2.52. The molecule has 22 heavy (non-hydrogen) atoms. The van der Waals surface area contributed by atoms with Crippen molar-refractivity contribution in [2.24, 2.45) is 7.05 Å². The van der Waals surface area contributed by atoms with Crippen LogP contribution in [0.4, 0.5) is 5.69 Å². The second-order valence-corrected chi connectivity index (χ2v) is 6.86. The molecule has 1 aromatic heterocycles. The van der Waals surface area contributed by atoms with Crippen LogP contribution < -0.4 is 10.5 Å². The molecule has 0 N–H and O–H groups in total. The van der Waals surface area contributed by atoms with Crippen LogP contribution in [0.25, 0.3) is 0 Å². The molecule has 116 valence electrons. The predicted molar refractivity (Wildman–Crippen MR) is 89.9 cm³/mol. The number of hydrogen-bond acceptors (Lipinski definition) is 3. The van der Waals surface area contributed by atoms with Gasteiger partial charge in [0.2, 0.25) is 0 Å². The standard InChI is InChI=1S/C17H20ClN3O/c1-17(2)11-21(9-8-12-6-4-5-7-13(12)17)14-10-19-20(3)16(22)15(14)18/h4-7,10H,8-9,11H2,1-3H3. The van der Waals surface area contributed by atoms with Crippen molar-refractivity contribution in [2.45, 2.75) is 25.7 Å². The zero-order valence-electron chi connectivity index (χ0n) is 13.1. The van der Waals surface area contributed by atoms with Crippen molar-refractivity contribution in [1.82, 2.24) is 9.78 Å². The molecule has 0 fully saturated rings. The molecule has 0 atom stereocenters. The maximum absolute atomic E-state index is 12.0. The fraction of sp³-hybridized carbons (Fsp3) is 0.412. The van der Waals surface area contributed by atoms with Crippen molar-refractivity contribution in [1.29, 1.82) is 0 Å². The molecule has 0 spiro atoms. The Balaban J connectivity index is 2.03. The molecule has 3 rings (SSSR count). The summed E-state index contributed by atoms with van der Waals surface area (Å²) in [5.74, 6) is 0. The molecule has 2 heterocycles. The zero-order chi connectivity index (χ0) is 15.9. The fourth-order valence-electron chi connectivity index (χ4n) is 3.22. The van der Waals surface area contributed by atoms with E-state index in [1.807, 2.05) is 0 Å². The lowest BCUT2D eigenvalue weighted by molar-refractivity contribution is 0.522. The molecule has 2 aromatic rings. The Hall–Kier alpha value is -1.81. The molecule has 1 aromatic carbocycles. The first-order valence-electron chi connectivity index (χ1n) is 7.45. The lowest BCUT2D eigenvalue weighted by Crippen LogP contribution is -2.37. The molecule has 0 unspecified atom stereocenters. The van der Waals surface area contributed by atoms with E-state index in [4.69, 9.17) is 11.6 Å². The third-order valence-electron chi connectivity index (χ3n) is 4.38. The van der Waals surface area contributed by atoms with Gasteiger partial charge in [0.25, 0.3) is 5.56 Å². The van der Waals surface area contributed by atoms with Gasteiger partial charge >= 0.3 is 0 Å². The zero-order valence-corrected chi connectivity index (χ0v) is 13.9. The Labute approximate surface area is 135 Å². The van der Waals surface area contributed by atoms with Crippen LogP contribution in [0, 0.1) is 0 Å². The Morgan fingerprint density at radius 2 is 2.00 bits per heavy atom. The molecule has 0 bridgehead atoms. The van der Waals surface area contributed by atoms with Crippen LogP contribution in [0.2, 0.25) is 5.02 Å². The summed E-state index contributed by atoms with van der Waals surface area (Å²) in [6.07, 6.45) is 2.63. The van der Waals surface area contributed by atoms with E-state index in [2.05, 4.69) is 48.1 Å². The van der Waals surface area contributed by atoms with E-state index in [-0.39, 0.29) is 16.0 Å². The number of aryl methyl sites for hydroxylation is 1. The lowest BCUT2D eigenvalue weighted by Gasteiger charge is -2.32. The number of fused-ring (bicyclic) bond motifs is 1. The van der Waals surface area contributed by atoms with Crippen molar-refractivity contribution in [3.8, 4) is 0 Å². The second-order valence-electron chi connectivity index (χ2n) is 6.49. The molecule has 0 saturated heterocycles. The highest BCUT2D eigenvalue weighted by Gasteiger charge is 2.30. The van der Waals surface area contributed by atoms with Crippen molar-refractivity contribution < 1.29 is 0 Å². The fourth-order valence-corrected chi connectivity index (χ4v) is 3.51. The molecule has 4 nitrogen and oxygen atoms in total. The number of aromatic nitrogens is 2. The second kappa shape index (κ2) is 5.43. The van der Waals surface area contributed by atoms with Crippen molar-refractivity contribution in [3.05, 3.63) is 57.0 Å². The quantitative estimate of drug-likeness (QED) is 0.811. The minimum absolute atomic E-state index is 0.0164. The van der Waals surface area contributed by atoms with Gasteiger partial charge in [0.05, 0.1) is 11.9 Å². The van der Waals surface area contributed by atoms with E-state index in [1.54, 1.807) is 13.2 Å². The number of anilines is 1. The van der Waals surface area contributed by atoms with Gasteiger partial charge in [0.1, 0.15) is 5.02 Å². The predicted octanol–water partition coefficient (Wildman–Crippen LogP) is 2.77. The van der Waals surface area contributed by atoms with E-state index in [0.29, 0.717) is 0 Å². The van der Waals surface area contributed by atoms with Gasteiger partial charge in [-0.15, -0.1) is 0 Å². The minimum atomic E-state index is -0.251. The normalized spacial score (nSPS) is 17.0. The Bertz CT molecular complexity index is 767. The monoisotopic (exact) mass is 317 g/mol. The summed E-state index contributed by atoms with van der Waals surface area (Å²) in [6.45, 7) is 6.09. The highest BCUT2D eigenvalue weighted by atomic mass is 35.5. The highest BCUT2D eigenvalue weighted by Crippen LogP contribution is 2.33. The third-order valence-corrected chi connectivity index (χ3v) is 4.74. The summed E-state index contributed by atoms with van der Waals surface area (Å²) in [5, 5.41) is 4.37. The summed E-state index contributed by atoms with van der Waals surface area (Å²) < 4.78 is 1.27. The van der Waals surface area contributed by atoms with Gasteiger partial charge < -0.3 is 4.90 Å². The average Bonchev–Trinajstić information content (AvgIpc) is 2.62. The molecule has 5 heteroatoms. The molecular weight excluding hydrogens is 298 g/mol. The summed E-state index contributed by atoms with van der Waals surface area (Å²) >= 11 is 6.27. The number of nitrogens with zero attached hydrogens (tertiary/aromatic N) is 3. The topological polar surface area (TPSA) is 38.1 Å². The average molecular weight is 318 g/mol. The van der Waals surface area contributed by atoms with Crippen LogP contribution in [0.3, 0.4) is 0 Å². The Kier molecular flexibility index (Phi) is 3.73. The van der Waals surface area contributed by atoms with Crippen LogP contribution in [-0.4, -0.2) is 22.9 Å². The van der Waals surface area contributed by atoms with Gasteiger partial charge in [-0.2, -0.15) is 5.10 Å². The maximum Gasteiger partial charge on any atom is 0.287 e. The smallest absolute Gasteiger partial charge is 0.287 e. The number of rotatable bonds is 1. The Morgan fingerprint density at radius 3 is 2.77 bits per heavy atom. The van der Waals surface area contributed by atoms with Gasteiger partial charge in [0.15, 0.2) is 0 Å². The molecule has 1 aliphatic heterocycles. The summed E-state index contributed by atoms with van der Waals surface area (Å²) in [7, 11) is 1.61. The first kappa shape index (κ1) is 15.1. The van der Waals surface area contributed by atoms with E-state index >= 15 is 0 Å². The van der Waals surface area contributed by atoms with Gasteiger partial charge in [-0.25, -0.2) is 4.68 Å². The van der Waals surface area contributed by atoms with Crippen molar-refractivity contribution >= 4 is 17.3 Å². The molecule has 0 amide bonds. The minimum Gasteiger partial charge on any atom is -0.368 e. The van der Waals surface area contributed by atoms with Crippen molar-refractivity contribution in [3.63, 3.8) is 0 Å². The van der Waals surface area contributed by atoms with E-state index in [1.165, 1.54) is 15.8 Å². The number of halogens is 1. The van der Waals surface area contributed by atoms with Gasteiger partial charge in [-0.05, 0) is 17.5 Å². The van der Waals surface area contributed by atoms with E-state index < -0.39 is 0 Å². The largest absolute Gasteiger partial charge is 0.368 e. The van der Waals surface area contributed by atoms with Gasteiger partial charge in [-0.1, -0.05) is 49.7 Å². The highest BCUT2D eigenvalue weighted by molar-refractivity contribution is 6.33. The van der Waals surface area contributed by atoms with Crippen LogP contribution in [0.5, 0.6) is 0 Å². The lowest BCUT2D eigenvalue weighted by atomic mass is 9.82. The van der Waals surface area contributed by atoms with Crippen LogP contribution in [0.15, 0.2) is 35.3 Å². The summed E-state index contributed by atoms with van der Waals surface area (Å²) in [5.41, 5.74) is 3.19. The molecule has 0 radical (unpaired) electrons. The molecule has 0 aliphatic carbocycles. The van der Waals surface area contributed by atoms with Gasteiger partial charge in [0, 0.05) is 25.6 Å².